The highest BCUT2D eigenvalue weighted by molar-refractivity contribution is 5.95. The molecule has 6 nitrogen and oxygen atoms in total. The largest absolute Gasteiger partial charge is 0.496 e. The maximum Gasteiger partial charge on any atom is 0.341 e. The molecule has 1 N–H and O–H groups in total. The van der Waals surface area contributed by atoms with Crippen molar-refractivity contribution >= 4 is 11.9 Å². The van der Waals surface area contributed by atoms with E-state index in [1.165, 1.54) is 20.3 Å². The molecule has 6 heteroatoms. The number of carbonyl (C=O) groups is 2. The first-order valence-corrected chi connectivity index (χ1v) is 7.12. The summed E-state index contributed by atoms with van der Waals surface area (Å²) in [5.41, 5.74) is 1.83. The van der Waals surface area contributed by atoms with E-state index >= 15 is 0 Å². The van der Waals surface area contributed by atoms with Gasteiger partial charge in [0.15, 0.2) is 0 Å². The minimum atomic E-state index is -0.512. The van der Waals surface area contributed by atoms with Gasteiger partial charge in [-0.1, -0.05) is 12.1 Å². The van der Waals surface area contributed by atoms with E-state index in [-0.39, 0.29) is 12.5 Å². The number of nitriles is 1. The van der Waals surface area contributed by atoms with Crippen molar-refractivity contribution in [1.82, 2.24) is 5.32 Å². The van der Waals surface area contributed by atoms with Crippen molar-refractivity contribution in [3.63, 3.8) is 0 Å². The van der Waals surface area contributed by atoms with E-state index in [1.807, 2.05) is 6.07 Å². The summed E-state index contributed by atoms with van der Waals surface area (Å²) in [7, 11) is 2.75. The second-order valence-electron chi connectivity index (χ2n) is 4.90. The lowest BCUT2D eigenvalue weighted by Crippen LogP contribution is -2.23. The van der Waals surface area contributed by atoms with Gasteiger partial charge < -0.3 is 14.8 Å². The van der Waals surface area contributed by atoms with E-state index in [1.54, 1.807) is 36.4 Å². The third-order valence-electron chi connectivity index (χ3n) is 3.38. The molecule has 0 aliphatic rings. The van der Waals surface area contributed by atoms with Gasteiger partial charge in [0.2, 0.25) is 0 Å². The molecule has 2 rings (SSSR count). The standard InChI is InChI=1S/C18H16N2O4/c1-23-16-7-6-13(9-15(16)18(22)24-2)11-20-17(21)14-5-3-4-12(8-14)10-19/h3-9H,11H2,1-2H3,(H,20,21). The fourth-order valence-electron chi connectivity index (χ4n) is 2.15. The summed E-state index contributed by atoms with van der Waals surface area (Å²) in [4.78, 5) is 23.9. The van der Waals surface area contributed by atoms with Crippen LogP contribution in [0.4, 0.5) is 0 Å². The van der Waals surface area contributed by atoms with Gasteiger partial charge in [-0.2, -0.15) is 5.26 Å². The Labute approximate surface area is 139 Å². The first-order chi connectivity index (χ1) is 11.6. The van der Waals surface area contributed by atoms with Crippen molar-refractivity contribution in [3.8, 4) is 11.8 Å². The Kier molecular flexibility index (Phi) is 5.53. The summed E-state index contributed by atoms with van der Waals surface area (Å²) in [6.07, 6.45) is 0. The average molecular weight is 324 g/mol. The number of amides is 1. The number of hydrogen-bond acceptors (Lipinski definition) is 5. The van der Waals surface area contributed by atoms with Crippen molar-refractivity contribution in [2.24, 2.45) is 0 Å². The van der Waals surface area contributed by atoms with Crippen molar-refractivity contribution in [2.75, 3.05) is 14.2 Å². The minimum absolute atomic E-state index is 0.226. The summed E-state index contributed by atoms with van der Waals surface area (Å²) in [5, 5.41) is 11.6. The molecule has 0 fully saturated rings. The lowest BCUT2D eigenvalue weighted by atomic mass is 10.1. The van der Waals surface area contributed by atoms with E-state index < -0.39 is 5.97 Å². The Bertz CT molecular complexity index is 809. The number of esters is 1. The van der Waals surface area contributed by atoms with Crippen LogP contribution >= 0.6 is 0 Å². The summed E-state index contributed by atoms with van der Waals surface area (Å²) in [6, 6.07) is 13.4. The molecule has 2 aromatic carbocycles. The number of carbonyl (C=O) groups excluding carboxylic acids is 2. The molecule has 1 amide bonds. The van der Waals surface area contributed by atoms with Gasteiger partial charge in [-0.05, 0) is 35.9 Å². The second kappa shape index (κ2) is 7.79. The molecular weight excluding hydrogens is 308 g/mol. The van der Waals surface area contributed by atoms with Crippen molar-refractivity contribution < 1.29 is 19.1 Å². The van der Waals surface area contributed by atoms with Gasteiger partial charge >= 0.3 is 5.97 Å². The molecule has 0 unspecified atom stereocenters. The van der Waals surface area contributed by atoms with E-state index in [0.29, 0.717) is 22.4 Å². The number of ether oxygens (including phenoxy) is 2. The topological polar surface area (TPSA) is 88.4 Å². The van der Waals surface area contributed by atoms with E-state index in [2.05, 4.69) is 5.32 Å². The molecule has 2 aromatic rings. The zero-order chi connectivity index (χ0) is 17.5. The molecule has 0 saturated carbocycles. The van der Waals surface area contributed by atoms with Gasteiger partial charge in [0.1, 0.15) is 11.3 Å². The number of hydrogen-bond donors (Lipinski definition) is 1. The molecule has 122 valence electrons. The van der Waals surface area contributed by atoms with Crippen molar-refractivity contribution in [1.29, 1.82) is 5.26 Å². The van der Waals surface area contributed by atoms with Gasteiger partial charge in [0.25, 0.3) is 5.91 Å². The van der Waals surface area contributed by atoms with Crippen LogP contribution in [-0.4, -0.2) is 26.1 Å². The highest BCUT2D eigenvalue weighted by Gasteiger charge is 2.14. The molecule has 0 atom stereocenters. The maximum atomic E-state index is 12.1. The zero-order valence-electron chi connectivity index (χ0n) is 13.3. The Morgan fingerprint density at radius 1 is 1.17 bits per heavy atom. The zero-order valence-corrected chi connectivity index (χ0v) is 13.3. The van der Waals surface area contributed by atoms with Crippen LogP contribution in [0.25, 0.3) is 0 Å². The summed E-state index contributed by atoms with van der Waals surface area (Å²) in [5.74, 6) is -0.414. The average Bonchev–Trinajstić information content (AvgIpc) is 2.65. The van der Waals surface area contributed by atoms with Crippen LogP contribution in [0.3, 0.4) is 0 Å². The van der Waals surface area contributed by atoms with Crippen molar-refractivity contribution in [2.45, 2.75) is 6.54 Å². The fourth-order valence-corrected chi connectivity index (χ4v) is 2.15. The molecule has 0 aliphatic carbocycles. The minimum Gasteiger partial charge on any atom is -0.496 e. The molecule has 0 saturated heterocycles. The first-order valence-electron chi connectivity index (χ1n) is 7.12. The Morgan fingerprint density at radius 3 is 2.62 bits per heavy atom. The monoisotopic (exact) mass is 324 g/mol. The Hall–Kier alpha value is -3.33. The highest BCUT2D eigenvalue weighted by atomic mass is 16.5. The van der Waals surface area contributed by atoms with Crippen LogP contribution in [0, 0.1) is 11.3 Å². The second-order valence-corrected chi connectivity index (χ2v) is 4.90. The molecular formula is C18H16N2O4. The molecule has 0 aromatic heterocycles. The number of methoxy groups -OCH3 is 2. The summed E-state index contributed by atoms with van der Waals surface area (Å²) in [6.45, 7) is 0.226. The molecule has 0 bridgehead atoms. The van der Waals surface area contributed by atoms with Crippen LogP contribution < -0.4 is 10.1 Å². The van der Waals surface area contributed by atoms with Gasteiger partial charge in [-0.25, -0.2) is 4.79 Å². The molecule has 0 spiro atoms. The fraction of sp³-hybridized carbons (Fsp3) is 0.167. The van der Waals surface area contributed by atoms with E-state index in [9.17, 15) is 9.59 Å². The van der Waals surface area contributed by atoms with Crippen LogP contribution in [-0.2, 0) is 11.3 Å². The lowest BCUT2D eigenvalue weighted by Gasteiger charge is -2.10. The number of benzene rings is 2. The molecule has 0 radical (unpaired) electrons. The summed E-state index contributed by atoms with van der Waals surface area (Å²) < 4.78 is 9.84. The van der Waals surface area contributed by atoms with Gasteiger partial charge in [0.05, 0.1) is 25.9 Å². The number of nitrogens with one attached hydrogen (secondary N) is 1. The normalized spacial score (nSPS) is 9.71. The van der Waals surface area contributed by atoms with E-state index in [4.69, 9.17) is 14.7 Å². The lowest BCUT2D eigenvalue weighted by molar-refractivity contribution is 0.0597. The number of nitrogens with zero attached hydrogens (tertiary/aromatic N) is 1. The van der Waals surface area contributed by atoms with Gasteiger partial charge in [0, 0.05) is 12.1 Å². The predicted molar refractivity (Wildman–Crippen MR) is 86.7 cm³/mol. The van der Waals surface area contributed by atoms with Crippen LogP contribution in [0.15, 0.2) is 42.5 Å². The number of rotatable bonds is 5. The van der Waals surface area contributed by atoms with Crippen molar-refractivity contribution in [3.05, 3.63) is 64.7 Å². The Balaban J connectivity index is 2.12. The van der Waals surface area contributed by atoms with Crippen LogP contribution in [0.2, 0.25) is 0 Å². The van der Waals surface area contributed by atoms with Crippen LogP contribution in [0.5, 0.6) is 5.75 Å². The molecule has 0 heterocycles. The van der Waals surface area contributed by atoms with Crippen LogP contribution in [0.1, 0.15) is 31.8 Å². The quantitative estimate of drug-likeness (QED) is 0.852. The summed E-state index contributed by atoms with van der Waals surface area (Å²) >= 11 is 0. The third kappa shape index (κ3) is 3.90. The first kappa shape index (κ1) is 17.0. The molecule has 0 aliphatic heterocycles. The smallest absolute Gasteiger partial charge is 0.341 e. The van der Waals surface area contributed by atoms with E-state index in [0.717, 1.165) is 5.56 Å². The van der Waals surface area contributed by atoms with Gasteiger partial charge in [-0.15, -0.1) is 0 Å². The SMILES string of the molecule is COC(=O)c1cc(CNC(=O)c2cccc(C#N)c2)ccc1OC. The third-order valence-corrected chi connectivity index (χ3v) is 3.38. The molecule has 24 heavy (non-hydrogen) atoms. The maximum absolute atomic E-state index is 12.1. The Morgan fingerprint density at radius 2 is 1.96 bits per heavy atom. The van der Waals surface area contributed by atoms with Gasteiger partial charge in [-0.3, -0.25) is 4.79 Å². The predicted octanol–water partition coefficient (Wildman–Crippen LogP) is 2.28. The highest BCUT2D eigenvalue weighted by Crippen LogP contribution is 2.20.